The molecule has 1 saturated heterocycles. The Morgan fingerprint density at radius 3 is 2.92 bits per heavy atom. The number of hydrogen-bond donors (Lipinski definition) is 1. The molecule has 1 fully saturated rings. The Kier molecular flexibility index (Phi) is 5.23. The summed E-state index contributed by atoms with van der Waals surface area (Å²) in [6.07, 6.45) is 3.19. The van der Waals surface area contributed by atoms with E-state index in [-0.39, 0.29) is 0 Å². The van der Waals surface area contributed by atoms with Crippen molar-refractivity contribution in [3.05, 3.63) is 53.6 Å². The summed E-state index contributed by atoms with van der Waals surface area (Å²) in [6.45, 7) is 2.93. The van der Waals surface area contributed by atoms with E-state index < -0.39 is 11.7 Å². The van der Waals surface area contributed by atoms with Gasteiger partial charge in [-0.1, -0.05) is 18.2 Å². The van der Waals surface area contributed by atoms with Crippen molar-refractivity contribution in [1.29, 1.82) is 0 Å². The lowest BCUT2D eigenvalue weighted by Gasteiger charge is -2.32. The van der Waals surface area contributed by atoms with Gasteiger partial charge in [0.2, 0.25) is 0 Å². The van der Waals surface area contributed by atoms with Crippen LogP contribution in [-0.4, -0.2) is 28.0 Å². The van der Waals surface area contributed by atoms with Crippen LogP contribution in [0.1, 0.15) is 36.1 Å². The summed E-state index contributed by atoms with van der Waals surface area (Å²) in [5, 5.41) is 0. The molecular formula is C18H22F3N3. The van der Waals surface area contributed by atoms with Gasteiger partial charge in [0, 0.05) is 25.0 Å². The first-order chi connectivity index (χ1) is 11.5. The van der Waals surface area contributed by atoms with Gasteiger partial charge in [-0.25, -0.2) is 4.98 Å². The van der Waals surface area contributed by atoms with Gasteiger partial charge in [-0.3, -0.25) is 4.90 Å². The number of nitrogens with one attached hydrogen (secondary N) is 1. The molecular weight excluding hydrogens is 315 g/mol. The highest BCUT2D eigenvalue weighted by Crippen LogP contribution is 2.30. The number of benzene rings is 1. The number of H-pyrrole nitrogens is 1. The Morgan fingerprint density at radius 2 is 2.17 bits per heavy atom. The maximum atomic E-state index is 12.8. The maximum Gasteiger partial charge on any atom is 0.416 e. The van der Waals surface area contributed by atoms with Crippen molar-refractivity contribution in [3.8, 4) is 0 Å². The molecule has 2 aromatic rings. The van der Waals surface area contributed by atoms with E-state index in [1.165, 1.54) is 12.1 Å². The van der Waals surface area contributed by atoms with E-state index in [2.05, 4.69) is 14.9 Å². The lowest BCUT2D eigenvalue weighted by Crippen LogP contribution is -2.35. The number of likely N-dealkylation sites (tertiary alicyclic amines) is 1. The monoisotopic (exact) mass is 337 g/mol. The van der Waals surface area contributed by atoms with Crippen molar-refractivity contribution < 1.29 is 13.2 Å². The first kappa shape index (κ1) is 17.0. The molecule has 0 amide bonds. The Hall–Kier alpha value is -1.82. The molecule has 0 aliphatic carbocycles. The number of aryl methyl sites for hydroxylation is 1. The average Bonchev–Trinajstić information content (AvgIpc) is 3.06. The minimum absolute atomic E-state index is 0.538. The van der Waals surface area contributed by atoms with Gasteiger partial charge >= 0.3 is 6.18 Å². The molecule has 6 heteroatoms. The molecule has 2 heterocycles. The van der Waals surface area contributed by atoms with E-state index in [0.29, 0.717) is 12.3 Å². The molecule has 130 valence electrons. The summed E-state index contributed by atoms with van der Waals surface area (Å²) in [5.74, 6) is 0.538. The number of imidazole rings is 1. The molecule has 3 nitrogen and oxygen atoms in total. The van der Waals surface area contributed by atoms with Gasteiger partial charge in [0.25, 0.3) is 0 Å². The SMILES string of the molecule is FC(F)(F)c1cccc(CC[C@@H]2CCCN(Cc3cnc[nH]3)C2)c1. The summed E-state index contributed by atoms with van der Waals surface area (Å²) in [6, 6.07) is 5.71. The van der Waals surface area contributed by atoms with Gasteiger partial charge in [-0.2, -0.15) is 13.2 Å². The number of rotatable bonds is 5. The molecule has 3 rings (SSSR count). The average molecular weight is 337 g/mol. The van der Waals surface area contributed by atoms with Crippen molar-refractivity contribution in [2.45, 2.75) is 38.4 Å². The van der Waals surface area contributed by atoms with Crippen LogP contribution < -0.4 is 0 Å². The van der Waals surface area contributed by atoms with Crippen molar-refractivity contribution in [2.75, 3.05) is 13.1 Å². The predicted molar refractivity (Wildman–Crippen MR) is 86.4 cm³/mol. The quantitative estimate of drug-likeness (QED) is 0.883. The van der Waals surface area contributed by atoms with Crippen LogP contribution >= 0.6 is 0 Å². The number of aromatic nitrogens is 2. The van der Waals surface area contributed by atoms with Gasteiger partial charge in [0.15, 0.2) is 0 Å². The third-order valence-electron chi connectivity index (χ3n) is 4.65. The van der Waals surface area contributed by atoms with Crippen molar-refractivity contribution >= 4 is 0 Å². The molecule has 1 N–H and O–H groups in total. The molecule has 0 unspecified atom stereocenters. The van der Waals surface area contributed by atoms with E-state index in [1.54, 1.807) is 12.4 Å². The molecule has 1 aliphatic rings. The Balaban J connectivity index is 1.53. The smallest absolute Gasteiger partial charge is 0.347 e. The largest absolute Gasteiger partial charge is 0.416 e. The van der Waals surface area contributed by atoms with Crippen molar-refractivity contribution in [1.82, 2.24) is 14.9 Å². The molecule has 24 heavy (non-hydrogen) atoms. The third kappa shape index (κ3) is 4.60. The molecule has 0 radical (unpaired) electrons. The Bertz CT molecular complexity index is 637. The molecule has 0 spiro atoms. The Labute approximate surface area is 139 Å². The lowest BCUT2D eigenvalue weighted by atomic mass is 9.91. The highest BCUT2D eigenvalue weighted by molar-refractivity contribution is 5.25. The summed E-state index contributed by atoms with van der Waals surface area (Å²) < 4.78 is 38.3. The standard InChI is InChI=1S/C18H22F3N3/c19-18(20,21)16-5-1-3-14(9-16)6-7-15-4-2-8-24(11-15)12-17-10-22-13-23-17/h1,3,5,9-10,13,15H,2,4,6-8,11-12H2,(H,22,23)/t15-/m0/s1. The number of halogens is 3. The van der Waals surface area contributed by atoms with Crippen LogP contribution in [-0.2, 0) is 19.1 Å². The van der Waals surface area contributed by atoms with Gasteiger partial charge in [-0.05, 0) is 49.8 Å². The number of nitrogens with zero attached hydrogens (tertiary/aromatic N) is 2. The maximum absolute atomic E-state index is 12.8. The summed E-state index contributed by atoms with van der Waals surface area (Å²) in [5.41, 5.74) is 1.33. The minimum Gasteiger partial charge on any atom is -0.347 e. The van der Waals surface area contributed by atoms with Crippen LogP contribution in [0.15, 0.2) is 36.8 Å². The number of hydrogen-bond acceptors (Lipinski definition) is 2. The first-order valence-electron chi connectivity index (χ1n) is 8.36. The zero-order valence-electron chi connectivity index (χ0n) is 13.5. The van der Waals surface area contributed by atoms with E-state index in [0.717, 1.165) is 56.2 Å². The third-order valence-corrected chi connectivity index (χ3v) is 4.65. The second-order valence-electron chi connectivity index (χ2n) is 6.56. The fourth-order valence-electron chi connectivity index (χ4n) is 3.42. The van der Waals surface area contributed by atoms with E-state index in [9.17, 15) is 13.2 Å². The summed E-state index contributed by atoms with van der Waals surface area (Å²) >= 11 is 0. The molecule has 0 bridgehead atoms. The fraction of sp³-hybridized carbons (Fsp3) is 0.500. The topological polar surface area (TPSA) is 31.9 Å². The Morgan fingerprint density at radius 1 is 1.29 bits per heavy atom. The van der Waals surface area contributed by atoms with Gasteiger partial charge < -0.3 is 4.98 Å². The first-order valence-corrected chi connectivity index (χ1v) is 8.36. The normalized spacial score (nSPS) is 19.5. The molecule has 1 atom stereocenters. The summed E-state index contributed by atoms with van der Waals surface area (Å²) in [7, 11) is 0. The number of aromatic amines is 1. The molecule has 1 aromatic heterocycles. The highest BCUT2D eigenvalue weighted by Gasteiger charge is 2.30. The highest BCUT2D eigenvalue weighted by atomic mass is 19.4. The number of alkyl halides is 3. The molecule has 1 aliphatic heterocycles. The zero-order valence-corrected chi connectivity index (χ0v) is 13.5. The predicted octanol–water partition coefficient (Wildman–Crippen LogP) is 4.27. The van der Waals surface area contributed by atoms with Crippen LogP contribution in [0.3, 0.4) is 0 Å². The minimum atomic E-state index is -4.26. The second kappa shape index (κ2) is 7.38. The summed E-state index contributed by atoms with van der Waals surface area (Å²) in [4.78, 5) is 9.55. The van der Waals surface area contributed by atoms with E-state index in [1.807, 2.05) is 6.20 Å². The van der Waals surface area contributed by atoms with Crippen molar-refractivity contribution in [3.63, 3.8) is 0 Å². The molecule has 1 aromatic carbocycles. The van der Waals surface area contributed by atoms with Crippen molar-refractivity contribution in [2.24, 2.45) is 5.92 Å². The van der Waals surface area contributed by atoms with E-state index >= 15 is 0 Å². The van der Waals surface area contributed by atoms with Gasteiger partial charge in [0.1, 0.15) is 0 Å². The van der Waals surface area contributed by atoms with Crippen LogP contribution in [0, 0.1) is 5.92 Å². The van der Waals surface area contributed by atoms with Crippen LogP contribution in [0.5, 0.6) is 0 Å². The molecule has 0 saturated carbocycles. The van der Waals surface area contributed by atoms with Crippen LogP contribution in [0.25, 0.3) is 0 Å². The van der Waals surface area contributed by atoms with Gasteiger partial charge in [-0.15, -0.1) is 0 Å². The van der Waals surface area contributed by atoms with Gasteiger partial charge in [0.05, 0.1) is 11.9 Å². The van der Waals surface area contributed by atoms with Crippen LogP contribution in [0.4, 0.5) is 13.2 Å². The zero-order chi connectivity index (χ0) is 17.0. The van der Waals surface area contributed by atoms with E-state index in [4.69, 9.17) is 0 Å². The number of piperidine rings is 1. The lowest BCUT2D eigenvalue weighted by molar-refractivity contribution is -0.137. The second-order valence-corrected chi connectivity index (χ2v) is 6.56. The fourth-order valence-corrected chi connectivity index (χ4v) is 3.42. The van der Waals surface area contributed by atoms with Crippen LogP contribution in [0.2, 0.25) is 0 Å².